The van der Waals surface area contributed by atoms with Crippen LogP contribution in [0.4, 0.5) is 13.2 Å². The maximum Gasteiger partial charge on any atom is 0.416 e. The van der Waals surface area contributed by atoms with Crippen LogP contribution in [0.5, 0.6) is 5.75 Å². The highest BCUT2D eigenvalue weighted by molar-refractivity contribution is 9.09. The molecule has 1 rings (SSSR count). The monoisotopic (exact) mass is 328 g/mol. The van der Waals surface area contributed by atoms with Gasteiger partial charge >= 0.3 is 6.18 Å². The predicted molar refractivity (Wildman–Crippen MR) is 62.8 cm³/mol. The van der Waals surface area contributed by atoms with Crippen LogP contribution in [0.25, 0.3) is 0 Å². The summed E-state index contributed by atoms with van der Waals surface area (Å²) in [7, 11) is 1.28. The number of aliphatic hydroxyl groups excluding tert-OH is 2. The highest BCUT2D eigenvalue weighted by Gasteiger charge is 2.32. The fourth-order valence-corrected chi connectivity index (χ4v) is 1.79. The van der Waals surface area contributed by atoms with Crippen molar-refractivity contribution < 1.29 is 28.1 Å². The molecule has 0 heterocycles. The Labute approximate surface area is 110 Å². The summed E-state index contributed by atoms with van der Waals surface area (Å²) in [5.74, 6) is 0.0931. The van der Waals surface area contributed by atoms with Crippen LogP contribution >= 0.6 is 15.9 Å². The SMILES string of the molecule is COc1ccc(C(F)(F)F)cc1C(O)C(O)CBr. The van der Waals surface area contributed by atoms with Crippen molar-refractivity contribution in [2.24, 2.45) is 0 Å². The lowest BCUT2D eigenvalue weighted by Crippen LogP contribution is -2.20. The number of aliphatic hydroxyl groups is 2. The van der Waals surface area contributed by atoms with E-state index in [-0.39, 0.29) is 16.6 Å². The van der Waals surface area contributed by atoms with Gasteiger partial charge in [0.2, 0.25) is 0 Å². The second-order valence-electron chi connectivity index (χ2n) is 3.62. The Kier molecular flexibility index (Phi) is 5.01. The summed E-state index contributed by atoms with van der Waals surface area (Å²) in [5, 5.41) is 19.3. The Morgan fingerprint density at radius 3 is 2.39 bits per heavy atom. The molecule has 0 aliphatic rings. The van der Waals surface area contributed by atoms with E-state index in [0.29, 0.717) is 0 Å². The van der Waals surface area contributed by atoms with Crippen LogP contribution in [0.15, 0.2) is 18.2 Å². The molecule has 1 aromatic carbocycles. The third-order valence-corrected chi connectivity index (χ3v) is 3.06. The zero-order valence-electron chi connectivity index (χ0n) is 9.41. The summed E-state index contributed by atoms with van der Waals surface area (Å²) >= 11 is 2.94. The molecule has 2 unspecified atom stereocenters. The van der Waals surface area contributed by atoms with Gasteiger partial charge in [-0.2, -0.15) is 13.2 Å². The van der Waals surface area contributed by atoms with Crippen LogP contribution in [0, 0.1) is 0 Å². The Balaban J connectivity index is 3.22. The first kappa shape index (κ1) is 15.3. The van der Waals surface area contributed by atoms with Gasteiger partial charge in [0.1, 0.15) is 11.9 Å². The molecule has 0 radical (unpaired) electrons. The van der Waals surface area contributed by atoms with Gasteiger partial charge in [-0.25, -0.2) is 0 Å². The van der Waals surface area contributed by atoms with Crippen molar-refractivity contribution in [2.45, 2.75) is 18.4 Å². The second kappa shape index (κ2) is 5.90. The minimum Gasteiger partial charge on any atom is -0.496 e. The third kappa shape index (κ3) is 3.37. The molecule has 0 saturated carbocycles. The van der Waals surface area contributed by atoms with E-state index in [9.17, 15) is 23.4 Å². The molecule has 18 heavy (non-hydrogen) atoms. The third-order valence-electron chi connectivity index (χ3n) is 2.40. The molecular weight excluding hydrogens is 317 g/mol. The second-order valence-corrected chi connectivity index (χ2v) is 4.27. The van der Waals surface area contributed by atoms with Crippen LogP contribution in [0.2, 0.25) is 0 Å². The quantitative estimate of drug-likeness (QED) is 0.835. The topological polar surface area (TPSA) is 49.7 Å². The van der Waals surface area contributed by atoms with Crippen molar-refractivity contribution in [3.63, 3.8) is 0 Å². The van der Waals surface area contributed by atoms with Crippen molar-refractivity contribution in [1.82, 2.24) is 0 Å². The maximum absolute atomic E-state index is 12.6. The molecule has 3 nitrogen and oxygen atoms in total. The molecular formula is C11H12BrF3O3. The van der Waals surface area contributed by atoms with Gasteiger partial charge in [-0.1, -0.05) is 15.9 Å². The van der Waals surface area contributed by atoms with E-state index in [0.717, 1.165) is 18.2 Å². The largest absolute Gasteiger partial charge is 0.496 e. The van der Waals surface area contributed by atoms with E-state index in [4.69, 9.17) is 4.74 Å². The van der Waals surface area contributed by atoms with Gasteiger partial charge in [0, 0.05) is 10.9 Å². The van der Waals surface area contributed by atoms with Gasteiger partial charge < -0.3 is 14.9 Å². The molecule has 0 bridgehead atoms. The number of rotatable bonds is 4. The van der Waals surface area contributed by atoms with Crippen LogP contribution in [0.1, 0.15) is 17.2 Å². The summed E-state index contributed by atoms with van der Waals surface area (Å²) < 4.78 is 42.5. The van der Waals surface area contributed by atoms with Gasteiger partial charge in [-0.3, -0.25) is 0 Å². The molecule has 2 N–H and O–H groups in total. The smallest absolute Gasteiger partial charge is 0.416 e. The first-order chi connectivity index (χ1) is 8.31. The van der Waals surface area contributed by atoms with E-state index >= 15 is 0 Å². The summed E-state index contributed by atoms with van der Waals surface area (Å²) in [6, 6.07) is 2.74. The number of benzene rings is 1. The molecule has 2 atom stereocenters. The minimum atomic E-state index is -4.51. The molecule has 7 heteroatoms. The summed E-state index contributed by atoms with van der Waals surface area (Å²) in [6.45, 7) is 0. The van der Waals surface area contributed by atoms with Crippen molar-refractivity contribution in [2.75, 3.05) is 12.4 Å². The number of alkyl halides is 4. The van der Waals surface area contributed by atoms with Crippen LogP contribution in [-0.4, -0.2) is 28.8 Å². The van der Waals surface area contributed by atoms with E-state index in [1.165, 1.54) is 7.11 Å². The summed E-state index contributed by atoms with van der Waals surface area (Å²) in [6.07, 6.45) is -7.19. The predicted octanol–water partition coefficient (Wildman–Crippen LogP) is 2.50. The number of halogens is 4. The van der Waals surface area contributed by atoms with Gasteiger partial charge in [0.15, 0.2) is 0 Å². The van der Waals surface area contributed by atoms with Gasteiger partial charge in [-0.15, -0.1) is 0 Å². The lowest BCUT2D eigenvalue weighted by Gasteiger charge is -2.20. The molecule has 1 aromatic rings. The fraction of sp³-hybridized carbons (Fsp3) is 0.455. The standard InChI is InChI=1S/C11H12BrF3O3/c1-18-9-3-2-6(11(13,14)15)4-7(9)10(17)8(16)5-12/h2-4,8,10,16-17H,5H2,1H3. The Bertz CT molecular complexity index is 409. The molecule has 0 aliphatic heterocycles. The maximum atomic E-state index is 12.6. The molecule has 0 amide bonds. The highest BCUT2D eigenvalue weighted by atomic mass is 79.9. The number of hydrogen-bond acceptors (Lipinski definition) is 3. The number of methoxy groups -OCH3 is 1. The average Bonchev–Trinajstić information content (AvgIpc) is 2.35. The first-order valence-corrected chi connectivity index (χ1v) is 6.10. The number of hydrogen-bond donors (Lipinski definition) is 2. The average molecular weight is 329 g/mol. The van der Waals surface area contributed by atoms with E-state index in [1.54, 1.807) is 0 Å². The fourth-order valence-electron chi connectivity index (χ4n) is 1.43. The zero-order chi connectivity index (χ0) is 13.9. The number of ether oxygens (including phenoxy) is 1. The lowest BCUT2D eigenvalue weighted by molar-refractivity contribution is -0.137. The summed E-state index contributed by atoms with van der Waals surface area (Å²) in [4.78, 5) is 0. The lowest BCUT2D eigenvalue weighted by atomic mass is 10.0. The molecule has 0 aromatic heterocycles. The van der Waals surface area contributed by atoms with Crippen molar-refractivity contribution >= 4 is 15.9 Å². The zero-order valence-corrected chi connectivity index (χ0v) is 11.0. The highest BCUT2D eigenvalue weighted by Crippen LogP contribution is 2.35. The van der Waals surface area contributed by atoms with Crippen LogP contribution in [-0.2, 0) is 6.18 Å². The van der Waals surface area contributed by atoms with Crippen molar-refractivity contribution in [3.8, 4) is 5.75 Å². The van der Waals surface area contributed by atoms with Crippen molar-refractivity contribution in [3.05, 3.63) is 29.3 Å². The van der Waals surface area contributed by atoms with E-state index in [1.807, 2.05) is 0 Å². The summed E-state index contributed by atoms with van der Waals surface area (Å²) in [5.41, 5.74) is -1.00. The van der Waals surface area contributed by atoms with Crippen LogP contribution < -0.4 is 4.74 Å². The molecule has 0 saturated heterocycles. The molecule has 0 fully saturated rings. The molecule has 102 valence electrons. The van der Waals surface area contributed by atoms with Crippen LogP contribution in [0.3, 0.4) is 0 Å². The van der Waals surface area contributed by atoms with Gasteiger partial charge in [-0.05, 0) is 18.2 Å². The Morgan fingerprint density at radius 1 is 1.33 bits per heavy atom. The van der Waals surface area contributed by atoms with Gasteiger partial charge in [0.25, 0.3) is 0 Å². The minimum absolute atomic E-state index is 0.0353. The van der Waals surface area contributed by atoms with Gasteiger partial charge in [0.05, 0.1) is 18.8 Å². The first-order valence-electron chi connectivity index (χ1n) is 4.98. The van der Waals surface area contributed by atoms with E-state index in [2.05, 4.69) is 15.9 Å². The van der Waals surface area contributed by atoms with Crippen molar-refractivity contribution in [1.29, 1.82) is 0 Å². The molecule has 0 spiro atoms. The Morgan fingerprint density at radius 2 is 1.94 bits per heavy atom. The Hall–Kier alpha value is -0.790. The van der Waals surface area contributed by atoms with E-state index < -0.39 is 23.9 Å². The normalized spacial score (nSPS) is 15.3. The molecule has 0 aliphatic carbocycles.